The highest BCUT2D eigenvalue weighted by atomic mass is 15.1. The Balaban J connectivity index is 1.42. The third kappa shape index (κ3) is 3.45. The van der Waals surface area contributed by atoms with Gasteiger partial charge < -0.3 is 0 Å². The average molecular weight is 503 g/mol. The Hall–Kier alpha value is -4.69. The van der Waals surface area contributed by atoms with Crippen LogP contribution in [-0.4, -0.2) is 9.55 Å². The van der Waals surface area contributed by atoms with Crippen LogP contribution in [0.3, 0.4) is 0 Å². The summed E-state index contributed by atoms with van der Waals surface area (Å²) in [6.45, 7) is 6.51. The largest absolute Gasteiger partial charge is 0.299 e. The Kier molecular flexibility index (Phi) is 5.38. The molecule has 1 aromatic heterocycles. The molecule has 0 unspecified atom stereocenters. The molecule has 1 aliphatic rings. The fraction of sp³-hybridized carbons (Fsp3) is 0.108. The predicted molar refractivity (Wildman–Crippen MR) is 161 cm³/mol. The van der Waals surface area contributed by atoms with Crippen LogP contribution in [0.15, 0.2) is 128 Å². The highest BCUT2D eigenvalue weighted by Crippen LogP contribution is 2.56. The molecular formula is C37H30N2. The van der Waals surface area contributed by atoms with E-state index < -0.39 is 0 Å². The number of aryl methyl sites for hydroxylation is 3. The number of hydrogen-bond donors (Lipinski definition) is 0. The van der Waals surface area contributed by atoms with Gasteiger partial charge in [0.1, 0.15) is 5.82 Å². The average Bonchev–Trinajstić information content (AvgIpc) is 3.55. The lowest BCUT2D eigenvalue weighted by atomic mass is 9.67. The van der Waals surface area contributed by atoms with E-state index in [0.717, 1.165) is 11.4 Å². The van der Waals surface area contributed by atoms with Gasteiger partial charge >= 0.3 is 0 Å². The first-order valence-electron chi connectivity index (χ1n) is 13.6. The molecule has 0 radical (unpaired) electrons. The third-order valence-corrected chi connectivity index (χ3v) is 8.25. The molecule has 39 heavy (non-hydrogen) atoms. The molecule has 1 heterocycles. The van der Waals surface area contributed by atoms with Crippen molar-refractivity contribution in [3.8, 4) is 28.2 Å². The number of benzene rings is 5. The van der Waals surface area contributed by atoms with Gasteiger partial charge in [-0.25, -0.2) is 4.98 Å². The molecule has 0 fully saturated rings. The molecule has 1 aliphatic carbocycles. The molecule has 2 nitrogen and oxygen atoms in total. The van der Waals surface area contributed by atoms with Gasteiger partial charge in [0, 0.05) is 18.0 Å². The summed E-state index contributed by atoms with van der Waals surface area (Å²) in [7, 11) is 0. The van der Waals surface area contributed by atoms with E-state index in [2.05, 4.69) is 147 Å². The van der Waals surface area contributed by atoms with Crippen LogP contribution < -0.4 is 0 Å². The fourth-order valence-electron chi connectivity index (χ4n) is 6.83. The van der Waals surface area contributed by atoms with Gasteiger partial charge in [-0.2, -0.15) is 0 Å². The minimum absolute atomic E-state index is 0.382. The maximum Gasteiger partial charge on any atom is 0.144 e. The third-order valence-electron chi connectivity index (χ3n) is 8.25. The zero-order valence-corrected chi connectivity index (χ0v) is 22.5. The standard InChI is InChI=1S/C37H30N2/c1-25-23-26(2)35(27(3)24-25)39-22-21-38-36(39)28-17-19-30(20-18-28)37(29-11-5-4-6-12-29)33-15-9-7-13-31(33)32-14-8-10-16-34(32)37/h4-24H,1-3H3. The molecule has 5 aromatic carbocycles. The number of imidazole rings is 1. The zero-order valence-electron chi connectivity index (χ0n) is 22.5. The summed E-state index contributed by atoms with van der Waals surface area (Å²) in [6.07, 6.45) is 3.97. The fourth-order valence-corrected chi connectivity index (χ4v) is 6.83. The van der Waals surface area contributed by atoms with Gasteiger partial charge in [-0.3, -0.25) is 4.57 Å². The highest BCUT2D eigenvalue weighted by molar-refractivity contribution is 5.86. The number of aromatic nitrogens is 2. The van der Waals surface area contributed by atoms with Crippen molar-refractivity contribution in [1.82, 2.24) is 9.55 Å². The van der Waals surface area contributed by atoms with Crippen molar-refractivity contribution in [3.63, 3.8) is 0 Å². The van der Waals surface area contributed by atoms with E-state index in [9.17, 15) is 0 Å². The summed E-state index contributed by atoms with van der Waals surface area (Å²) >= 11 is 0. The van der Waals surface area contributed by atoms with E-state index >= 15 is 0 Å². The van der Waals surface area contributed by atoms with Crippen molar-refractivity contribution in [2.75, 3.05) is 0 Å². The Labute approximate surface area is 230 Å². The molecule has 7 rings (SSSR count). The van der Waals surface area contributed by atoms with E-state index in [1.54, 1.807) is 0 Å². The molecule has 0 bridgehead atoms. The van der Waals surface area contributed by atoms with Crippen LogP contribution in [0.2, 0.25) is 0 Å². The van der Waals surface area contributed by atoms with Gasteiger partial charge in [-0.15, -0.1) is 0 Å². The lowest BCUT2D eigenvalue weighted by Gasteiger charge is -2.34. The Bertz CT molecular complexity index is 1760. The molecule has 2 heteroatoms. The van der Waals surface area contributed by atoms with Crippen LogP contribution in [0.25, 0.3) is 28.2 Å². The van der Waals surface area contributed by atoms with Gasteiger partial charge in [-0.05, 0) is 65.3 Å². The summed E-state index contributed by atoms with van der Waals surface area (Å²) in [6, 6.07) is 42.2. The molecule has 0 saturated heterocycles. The van der Waals surface area contributed by atoms with E-state index in [0.29, 0.717) is 0 Å². The molecule has 0 saturated carbocycles. The van der Waals surface area contributed by atoms with E-state index in [1.165, 1.54) is 55.8 Å². The molecule has 188 valence electrons. The van der Waals surface area contributed by atoms with E-state index in [1.807, 2.05) is 6.20 Å². The highest BCUT2D eigenvalue weighted by Gasteiger charge is 2.45. The second-order valence-electron chi connectivity index (χ2n) is 10.7. The zero-order chi connectivity index (χ0) is 26.6. The lowest BCUT2D eigenvalue weighted by Crippen LogP contribution is -2.28. The molecule has 0 N–H and O–H groups in total. The van der Waals surface area contributed by atoms with Crippen LogP contribution in [0, 0.1) is 20.8 Å². The molecule has 0 amide bonds. The monoisotopic (exact) mass is 502 g/mol. The minimum atomic E-state index is -0.382. The number of rotatable bonds is 4. The Morgan fingerprint density at radius 3 is 1.74 bits per heavy atom. The predicted octanol–water partition coefficient (Wildman–Crippen LogP) is 8.83. The van der Waals surface area contributed by atoms with Gasteiger partial charge in [-0.1, -0.05) is 121 Å². The second kappa shape index (κ2) is 8.96. The molecular weight excluding hydrogens is 472 g/mol. The summed E-state index contributed by atoms with van der Waals surface area (Å²) in [5.74, 6) is 0.956. The summed E-state index contributed by atoms with van der Waals surface area (Å²) in [5, 5.41) is 0. The quantitative estimate of drug-likeness (QED) is 0.235. The number of hydrogen-bond acceptors (Lipinski definition) is 1. The van der Waals surface area contributed by atoms with Crippen molar-refractivity contribution < 1.29 is 0 Å². The van der Waals surface area contributed by atoms with Crippen LogP contribution in [0.1, 0.15) is 38.9 Å². The van der Waals surface area contributed by atoms with Crippen molar-refractivity contribution in [2.45, 2.75) is 26.2 Å². The van der Waals surface area contributed by atoms with E-state index in [-0.39, 0.29) is 5.41 Å². The van der Waals surface area contributed by atoms with Crippen molar-refractivity contribution in [2.24, 2.45) is 0 Å². The molecule has 0 atom stereocenters. The number of nitrogens with zero attached hydrogens (tertiary/aromatic N) is 2. The topological polar surface area (TPSA) is 17.8 Å². The normalized spacial score (nSPS) is 13.2. The van der Waals surface area contributed by atoms with Gasteiger partial charge in [0.2, 0.25) is 0 Å². The van der Waals surface area contributed by atoms with Crippen LogP contribution in [0.5, 0.6) is 0 Å². The first-order valence-corrected chi connectivity index (χ1v) is 13.6. The first-order chi connectivity index (χ1) is 19.1. The van der Waals surface area contributed by atoms with Gasteiger partial charge in [0.15, 0.2) is 0 Å². The second-order valence-corrected chi connectivity index (χ2v) is 10.7. The molecule has 6 aromatic rings. The van der Waals surface area contributed by atoms with Crippen molar-refractivity contribution >= 4 is 0 Å². The molecule has 0 spiro atoms. The minimum Gasteiger partial charge on any atom is -0.299 e. The summed E-state index contributed by atoms with van der Waals surface area (Å²) in [4.78, 5) is 4.80. The number of fused-ring (bicyclic) bond motifs is 3. The maximum atomic E-state index is 4.80. The van der Waals surface area contributed by atoms with Gasteiger partial charge in [0.05, 0.1) is 11.1 Å². The first kappa shape index (κ1) is 23.4. The maximum absolute atomic E-state index is 4.80. The van der Waals surface area contributed by atoms with E-state index in [4.69, 9.17) is 4.98 Å². The Morgan fingerprint density at radius 1 is 0.590 bits per heavy atom. The van der Waals surface area contributed by atoms with Crippen LogP contribution >= 0.6 is 0 Å². The Morgan fingerprint density at radius 2 is 1.13 bits per heavy atom. The molecule has 0 aliphatic heterocycles. The summed E-state index contributed by atoms with van der Waals surface area (Å²) < 4.78 is 2.23. The van der Waals surface area contributed by atoms with Crippen molar-refractivity contribution in [3.05, 3.63) is 167 Å². The van der Waals surface area contributed by atoms with Crippen LogP contribution in [0.4, 0.5) is 0 Å². The smallest absolute Gasteiger partial charge is 0.144 e. The van der Waals surface area contributed by atoms with Crippen LogP contribution in [-0.2, 0) is 5.41 Å². The summed E-state index contributed by atoms with van der Waals surface area (Å²) in [5.41, 5.74) is 13.5. The lowest BCUT2D eigenvalue weighted by molar-refractivity contribution is 0.768. The SMILES string of the molecule is Cc1cc(C)c(-n2ccnc2-c2ccc(C3(c4ccccc4)c4ccccc4-c4ccccc43)cc2)c(C)c1. The van der Waals surface area contributed by atoms with Gasteiger partial charge in [0.25, 0.3) is 0 Å². The van der Waals surface area contributed by atoms with Crippen molar-refractivity contribution in [1.29, 1.82) is 0 Å².